The molecular weight excluding hydrogens is 667 g/mol. The van der Waals surface area contributed by atoms with Gasteiger partial charge in [0.25, 0.3) is 0 Å². The minimum absolute atomic E-state index is 0.0870. The van der Waals surface area contributed by atoms with Gasteiger partial charge in [-0.15, -0.1) is 0 Å². The van der Waals surface area contributed by atoms with E-state index in [9.17, 15) is 74.6 Å². The summed E-state index contributed by atoms with van der Waals surface area (Å²) in [6.07, 6.45) is -6.06. The zero-order valence-corrected chi connectivity index (χ0v) is 23.3. The lowest BCUT2D eigenvalue weighted by atomic mass is 9.88. The van der Waals surface area contributed by atoms with Crippen molar-refractivity contribution in [1.82, 2.24) is 0 Å². The summed E-state index contributed by atoms with van der Waals surface area (Å²) >= 11 is 0. The van der Waals surface area contributed by atoms with Gasteiger partial charge in [-0.2, -0.15) is 74.6 Å². The Bertz CT molecular complexity index is 1040. The van der Waals surface area contributed by atoms with Crippen LogP contribution >= 0.6 is 0 Å². The maximum atomic E-state index is 14.0. The quantitative estimate of drug-likeness (QED) is 0.0998. The predicted octanol–water partition coefficient (Wildman–Crippen LogP) is 11.0. The van der Waals surface area contributed by atoms with Gasteiger partial charge in [-0.05, 0) is 43.5 Å². The third-order valence-corrected chi connectivity index (χ3v) is 6.53. The fourth-order valence-corrected chi connectivity index (χ4v) is 3.70. The third-order valence-electron chi connectivity index (χ3n) is 6.53. The van der Waals surface area contributed by atoms with Gasteiger partial charge in [0, 0.05) is 6.42 Å². The Kier molecular flexibility index (Phi) is 13.2. The van der Waals surface area contributed by atoms with Crippen LogP contribution in [0.3, 0.4) is 0 Å². The summed E-state index contributed by atoms with van der Waals surface area (Å²) in [4.78, 5) is 0. The van der Waals surface area contributed by atoms with Gasteiger partial charge in [0.2, 0.25) is 0 Å². The molecule has 0 heterocycles. The second kappa shape index (κ2) is 14.6. The fourth-order valence-electron chi connectivity index (χ4n) is 3.70. The topological polar surface area (TPSA) is 18.5 Å². The molecule has 2 nitrogen and oxygen atoms in total. The molecule has 0 spiro atoms. The lowest BCUT2D eigenvalue weighted by molar-refractivity contribution is -0.461. The van der Waals surface area contributed by atoms with Crippen LogP contribution in [0.25, 0.3) is 0 Å². The van der Waals surface area contributed by atoms with Crippen molar-refractivity contribution in [2.24, 2.45) is 0 Å². The molecule has 0 N–H and O–H groups in total. The van der Waals surface area contributed by atoms with Crippen molar-refractivity contribution in [1.29, 1.82) is 0 Å². The highest BCUT2D eigenvalue weighted by Gasteiger charge is 2.95. The summed E-state index contributed by atoms with van der Waals surface area (Å²) in [5.41, 5.74) is 0. The highest BCUT2D eigenvalue weighted by molar-refractivity contribution is 5.31. The van der Waals surface area contributed by atoms with E-state index in [2.05, 4.69) is 6.92 Å². The zero-order chi connectivity index (χ0) is 35.2. The average Bonchev–Trinajstić information content (AvgIpc) is 2.91. The van der Waals surface area contributed by atoms with Crippen LogP contribution in [0.5, 0.6) is 11.5 Å². The van der Waals surface area contributed by atoms with E-state index in [0.29, 0.717) is 12.4 Å². The first kappa shape index (κ1) is 40.7. The van der Waals surface area contributed by atoms with Crippen LogP contribution in [0.4, 0.5) is 74.6 Å². The molecule has 1 aromatic rings. The molecule has 0 unspecified atom stereocenters. The van der Waals surface area contributed by atoms with E-state index in [1.165, 1.54) is 24.3 Å². The van der Waals surface area contributed by atoms with Crippen LogP contribution in [-0.4, -0.2) is 60.8 Å². The Hall–Kier alpha value is -2.37. The number of rotatable bonds is 20. The first-order chi connectivity index (χ1) is 20.3. The number of halogens is 17. The maximum absolute atomic E-state index is 14.0. The second-order valence-corrected chi connectivity index (χ2v) is 10.0. The standard InChI is InChI=1S/C26H29F17O2/c1-2-3-4-5-6-8-15-44-17-10-12-18(13-11-17)45-16-9-7-14-19(27,28)20(29,30)21(31,32)22(33,34)23(35,36)24(37,38)25(39,40)26(41,42)43/h10-13H,2-9,14-16H2,1H3. The van der Waals surface area contributed by atoms with Gasteiger partial charge < -0.3 is 9.47 Å². The van der Waals surface area contributed by atoms with Crippen LogP contribution in [0, 0.1) is 0 Å². The van der Waals surface area contributed by atoms with Gasteiger partial charge in [0.05, 0.1) is 13.2 Å². The molecule has 0 saturated carbocycles. The highest BCUT2D eigenvalue weighted by Crippen LogP contribution is 2.64. The van der Waals surface area contributed by atoms with Crippen molar-refractivity contribution < 1.29 is 84.1 Å². The molecular formula is C26H29F17O2. The Labute approximate surface area is 246 Å². The molecule has 0 atom stereocenters. The van der Waals surface area contributed by atoms with Crippen molar-refractivity contribution in [3.05, 3.63) is 24.3 Å². The van der Waals surface area contributed by atoms with Gasteiger partial charge in [0.1, 0.15) is 11.5 Å². The Morgan fingerprint density at radius 3 is 1.16 bits per heavy atom. The normalized spacial score (nSPS) is 14.5. The number of unbranched alkanes of at least 4 members (excludes halogenated alkanes) is 6. The molecule has 0 amide bonds. The average molecular weight is 696 g/mol. The van der Waals surface area contributed by atoms with Crippen molar-refractivity contribution in [3.63, 3.8) is 0 Å². The molecule has 0 aromatic heterocycles. The predicted molar refractivity (Wildman–Crippen MR) is 125 cm³/mol. The molecule has 1 aromatic carbocycles. The largest absolute Gasteiger partial charge is 0.494 e. The number of hydrogen-bond donors (Lipinski definition) is 0. The number of hydrogen-bond acceptors (Lipinski definition) is 2. The molecule has 19 heteroatoms. The zero-order valence-electron chi connectivity index (χ0n) is 23.3. The highest BCUT2D eigenvalue weighted by atomic mass is 19.4. The minimum Gasteiger partial charge on any atom is -0.494 e. The summed E-state index contributed by atoms with van der Waals surface area (Å²) in [6.45, 7) is 1.92. The summed E-state index contributed by atoms with van der Waals surface area (Å²) < 4.78 is 237. The molecule has 0 bridgehead atoms. The van der Waals surface area contributed by atoms with Crippen LogP contribution < -0.4 is 9.47 Å². The SMILES string of the molecule is CCCCCCCCOc1ccc(OCCCCC(F)(F)C(F)(F)C(F)(F)C(F)(F)C(F)(F)C(F)(F)C(F)(F)C(F)(F)F)cc1. The molecule has 0 aliphatic heterocycles. The van der Waals surface area contributed by atoms with E-state index >= 15 is 0 Å². The number of benzene rings is 1. The monoisotopic (exact) mass is 696 g/mol. The Morgan fingerprint density at radius 2 is 0.756 bits per heavy atom. The first-order valence-electron chi connectivity index (χ1n) is 13.3. The van der Waals surface area contributed by atoms with Gasteiger partial charge in [0.15, 0.2) is 0 Å². The van der Waals surface area contributed by atoms with Gasteiger partial charge in [-0.3, -0.25) is 0 Å². The van der Waals surface area contributed by atoms with Crippen LogP contribution in [0.15, 0.2) is 24.3 Å². The van der Waals surface area contributed by atoms with Gasteiger partial charge >= 0.3 is 47.6 Å². The lowest BCUT2D eigenvalue weighted by Crippen LogP contribution is -2.74. The lowest BCUT2D eigenvalue weighted by Gasteiger charge is -2.42. The summed E-state index contributed by atoms with van der Waals surface area (Å²) in [6, 6.07) is 5.60. The number of ether oxygens (including phenoxy) is 2. The third kappa shape index (κ3) is 8.32. The minimum atomic E-state index is -8.62. The van der Waals surface area contributed by atoms with Crippen LogP contribution in [-0.2, 0) is 0 Å². The Morgan fingerprint density at radius 1 is 0.422 bits per heavy atom. The van der Waals surface area contributed by atoms with Crippen molar-refractivity contribution >= 4 is 0 Å². The van der Waals surface area contributed by atoms with Gasteiger partial charge in [-0.25, -0.2) is 0 Å². The second-order valence-electron chi connectivity index (χ2n) is 10.0. The Balaban J connectivity index is 2.80. The molecule has 264 valence electrons. The molecule has 45 heavy (non-hydrogen) atoms. The summed E-state index contributed by atoms with van der Waals surface area (Å²) in [5, 5.41) is 0. The molecule has 1 rings (SSSR count). The van der Waals surface area contributed by atoms with E-state index in [1.54, 1.807) is 0 Å². The van der Waals surface area contributed by atoms with E-state index < -0.39 is 73.5 Å². The van der Waals surface area contributed by atoms with E-state index in [0.717, 1.165) is 38.5 Å². The van der Waals surface area contributed by atoms with Gasteiger partial charge in [-0.1, -0.05) is 39.0 Å². The summed E-state index contributed by atoms with van der Waals surface area (Å²) in [7, 11) is 0. The van der Waals surface area contributed by atoms with Crippen molar-refractivity contribution in [2.75, 3.05) is 13.2 Å². The van der Waals surface area contributed by atoms with E-state index in [1.807, 2.05) is 0 Å². The molecule has 0 aliphatic rings. The first-order valence-corrected chi connectivity index (χ1v) is 13.3. The van der Waals surface area contributed by atoms with E-state index in [-0.39, 0.29) is 5.75 Å². The molecule has 0 fully saturated rings. The molecule has 0 radical (unpaired) electrons. The molecule has 0 saturated heterocycles. The van der Waals surface area contributed by atoms with Crippen LogP contribution in [0.2, 0.25) is 0 Å². The number of alkyl halides is 17. The van der Waals surface area contributed by atoms with Crippen molar-refractivity contribution in [3.8, 4) is 11.5 Å². The van der Waals surface area contributed by atoms with Crippen LogP contribution in [0.1, 0.15) is 64.7 Å². The smallest absolute Gasteiger partial charge is 0.460 e. The van der Waals surface area contributed by atoms with E-state index in [4.69, 9.17) is 9.47 Å². The molecule has 0 aliphatic carbocycles. The fraction of sp³-hybridized carbons (Fsp3) is 0.769. The summed E-state index contributed by atoms with van der Waals surface area (Å²) in [5.74, 6) is -55.6. The maximum Gasteiger partial charge on any atom is 0.460 e. The van der Waals surface area contributed by atoms with Crippen molar-refractivity contribution in [2.45, 2.75) is 112 Å².